The zero-order chi connectivity index (χ0) is 17.3. The van der Waals surface area contributed by atoms with Crippen LogP contribution in [0.2, 0.25) is 0 Å². The van der Waals surface area contributed by atoms with Crippen LogP contribution >= 0.6 is 0 Å². The monoisotopic (exact) mass is 328 g/mol. The first-order valence-electron chi connectivity index (χ1n) is 7.97. The Labute approximate surface area is 140 Å². The van der Waals surface area contributed by atoms with Crippen molar-refractivity contribution in [2.75, 3.05) is 6.54 Å². The van der Waals surface area contributed by atoms with Crippen LogP contribution in [0.4, 0.5) is 5.69 Å². The normalized spacial score (nSPS) is 14.6. The van der Waals surface area contributed by atoms with Gasteiger partial charge in [0.05, 0.1) is 4.92 Å². The van der Waals surface area contributed by atoms with Crippen LogP contribution in [-0.2, 0) is 19.5 Å². The Morgan fingerprint density at radius 1 is 1.42 bits per heavy atom. The quantitative estimate of drug-likeness (QED) is 0.685. The predicted octanol–water partition coefficient (Wildman–Crippen LogP) is 2.77. The molecule has 126 valence electrons. The number of rotatable bonds is 4. The van der Waals surface area contributed by atoms with Gasteiger partial charge in [-0.25, -0.2) is 9.97 Å². The first-order chi connectivity index (χ1) is 11.4. The molecule has 1 N–H and O–H groups in total. The van der Waals surface area contributed by atoms with Gasteiger partial charge in [-0.05, 0) is 6.07 Å². The Balaban J connectivity index is 1.77. The molecule has 3 rings (SSSR count). The number of benzene rings is 1. The van der Waals surface area contributed by atoms with Gasteiger partial charge < -0.3 is 5.11 Å². The lowest BCUT2D eigenvalue weighted by Crippen LogP contribution is -2.31. The summed E-state index contributed by atoms with van der Waals surface area (Å²) in [7, 11) is 0. The van der Waals surface area contributed by atoms with Gasteiger partial charge in [0.2, 0.25) is 0 Å². The maximum Gasteiger partial charge on any atom is 0.270 e. The number of non-ortho nitro benzene ring substituents is 1. The van der Waals surface area contributed by atoms with E-state index in [1.165, 1.54) is 18.2 Å². The van der Waals surface area contributed by atoms with Crippen molar-refractivity contribution in [3.05, 3.63) is 57.2 Å². The second kappa shape index (κ2) is 6.52. The summed E-state index contributed by atoms with van der Waals surface area (Å²) in [6.07, 6.45) is 2.68. The number of hydrogen-bond donors (Lipinski definition) is 1. The van der Waals surface area contributed by atoms with E-state index in [1.54, 1.807) is 0 Å². The van der Waals surface area contributed by atoms with E-state index in [1.807, 2.05) is 6.20 Å². The zero-order valence-electron chi connectivity index (χ0n) is 13.8. The van der Waals surface area contributed by atoms with Crippen molar-refractivity contribution in [3.63, 3.8) is 0 Å². The second-order valence-electron chi connectivity index (χ2n) is 6.39. The largest absolute Gasteiger partial charge is 0.508 e. The highest BCUT2D eigenvalue weighted by molar-refractivity contribution is 5.43. The minimum absolute atomic E-state index is 0.00915. The van der Waals surface area contributed by atoms with Crippen molar-refractivity contribution in [2.24, 2.45) is 0 Å². The van der Waals surface area contributed by atoms with E-state index in [0.717, 1.165) is 30.0 Å². The Hall–Kier alpha value is -2.54. The molecule has 1 aliphatic rings. The van der Waals surface area contributed by atoms with Gasteiger partial charge in [0.15, 0.2) is 0 Å². The number of nitro benzene ring substituents is 1. The van der Waals surface area contributed by atoms with Crippen LogP contribution < -0.4 is 0 Å². The Kier molecular flexibility index (Phi) is 4.44. The topological polar surface area (TPSA) is 92.4 Å². The number of fused-ring (bicyclic) bond motifs is 1. The van der Waals surface area contributed by atoms with Crippen LogP contribution in [0.25, 0.3) is 0 Å². The zero-order valence-corrected chi connectivity index (χ0v) is 13.8. The summed E-state index contributed by atoms with van der Waals surface area (Å²) in [4.78, 5) is 21.6. The molecule has 7 nitrogen and oxygen atoms in total. The molecule has 2 heterocycles. The maximum atomic E-state index is 10.9. The average Bonchev–Trinajstić information content (AvgIpc) is 2.56. The number of phenolic OH excluding ortho intramolecular Hbond substituents is 1. The smallest absolute Gasteiger partial charge is 0.270 e. The Bertz CT molecular complexity index is 776. The van der Waals surface area contributed by atoms with E-state index in [-0.39, 0.29) is 11.4 Å². The van der Waals surface area contributed by atoms with Gasteiger partial charge in [0.25, 0.3) is 5.69 Å². The number of aromatic nitrogens is 2. The molecule has 0 unspecified atom stereocenters. The standard InChI is InChI=1S/C17H20N4O3/c1-11(2)17-18-8-13-10-20(6-5-15(13)19-17)9-12-7-14(21(23)24)3-4-16(12)22/h3-4,7-8,11,22H,5-6,9-10H2,1-2H3. The summed E-state index contributed by atoms with van der Waals surface area (Å²) in [6.45, 7) is 6.07. The molecule has 24 heavy (non-hydrogen) atoms. The SMILES string of the molecule is CC(C)c1ncc2c(n1)CCN(Cc1cc([N+](=O)[O-])ccc1O)C2. The van der Waals surface area contributed by atoms with Gasteiger partial charge in [-0.15, -0.1) is 0 Å². The van der Waals surface area contributed by atoms with Crippen molar-refractivity contribution in [1.82, 2.24) is 14.9 Å². The van der Waals surface area contributed by atoms with Gasteiger partial charge in [0, 0.05) is 67.1 Å². The lowest BCUT2D eigenvalue weighted by Gasteiger charge is -2.28. The summed E-state index contributed by atoms with van der Waals surface area (Å²) in [5.74, 6) is 1.24. The highest BCUT2D eigenvalue weighted by Gasteiger charge is 2.21. The fourth-order valence-corrected chi connectivity index (χ4v) is 2.86. The highest BCUT2D eigenvalue weighted by atomic mass is 16.6. The molecule has 0 radical (unpaired) electrons. The molecular weight excluding hydrogens is 308 g/mol. The second-order valence-corrected chi connectivity index (χ2v) is 6.39. The summed E-state index contributed by atoms with van der Waals surface area (Å²) >= 11 is 0. The van der Waals surface area contributed by atoms with Crippen LogP contribution in [0, 0.1) is 10.1 Å². The average molecular weight is 328 g/mol. The van der Waals surface area contributed by atoms with Gasteiger partial charge in [-0.2, -0.15) is 0 Å². The molecule has 0 fully saturated rings. The number of nitrogens with zero attached hydrogens (tertiary/aromatic N) is 4. The fraction of sp³-hybridized carbons (Fsp3) is 0.412. The van der Waals surface area contributed by atoms with E-state index in [0.29, 0.717) is 24.6 Å². The first kappa shape index (κ1) is 16.3. The van der Waals surface area contributed by atoms with Gasteiger partial charge in [-0.3, -0.25) is 15.0 Å². The minimum atomic E-state index is -0.449. The predicted molar refractivity (Wildman–Crippen MR) is 88.7 cm³/mol. The summed E-state index contributed by atoms with van der Waals surface area (Å²) in [5, 5.41) is 20.9. The summed E-state index contributed by atoms with van der Waals surface area (Å²) < 4.78 is 0. The van der Waals surface area contributed by atoms with Crippen LogP contribution in [-0.4, -0.2) is 31.4 Å². The van der Waals surface area contributed by atoms with Gasteiger partial charge in [-0.1, -0.05) is 13.8 Å². The number of aromatic hydroxyl groups is 1. The van der Waals surface area contributed by atoms with Crippen LogP contribution in [0.1, 0.15) is 42.4 Å². The molecule has 0 aliphatic carbocycles. The van der Waals surface area contributed by atoms with Crippen LogP contribution in [0.3, 0.4) is 0 Å². The molecule has 1 aromatic carbocycles. The molecule has 1 aliphatic heterocycles. The molecule has 7 heteroatoms. The first-order valence-corrected chi connectivity index (χ1v) is 7.97. The molecule has 0 bridgehead atoms. The third-order valence-electron chi connectivity index (χ3n) is 4.22. The Morgan fingerprint density at radius 2 is 2.21 bits per heavy atom. The molecule has 0 spiro atoms. The summed E-state index contributed by atoms with van der Waals surface area (Å²) in [6, 6.07) is 4.12. The highest BCUT2D eigenvalue weighted by Crippen LogP contribution is 2.26. The number of hydrogen-bond acceptors (Lipinski definition) is 6. The fourth-order valence-electron chi connectivity index (χ4n) is 2.86. The minimum Gasteiger partial charge on any atom is -0.508 e. The van der Waals surface area contributed by atoms with E-state index >= 15 is 0 Å². The molecular formula is C17H20N4O3. The van der Waals surface area contributed by atoms with E-state index < -0.39 is 4.92 Å². The summed E-state index contributed by atoms with van der Waals surface area (Å²) in [5.41, 5.74) is 2.71. The van der Waals surface area contributed by atoms with Crippen molar-refractivity contribution >= 4 is 5.69 Å². The van der Waals surface area contributed by atoms with Crippen LogP contribution in [0.15, 0.2) is 24.4 Å². The lowest BCUT2D eigenvalue weighted by molar-refractivity contribution is -0.385. The number of phenols is 1. The molecule has 1 aromatic heterocycles. The molecule has 0 saturated heterocycles. The third kappa shape index (κ3) is 3.35. The van der Waals surface area contributed by atoms with Crippen LogP contribution in [0.5, 0.6) is 5.75 Å². The van der Waals surface area contributed by atoms with Crippen molar-refractivity contribution in [2.45, 2.75) is 39.3 Å². The van der Waals surface area contributed by atoms with Crippen molar-refractivity contribution < 1.29 is 10.0 Å². The van der Waals surface area contributed by atoms with Gasteiger partial charge in [0.1, 0.15) is 11.6 Å². The van der Waals surface area contributed by atoms with E-state index in [2.05, 4.69) is 28.7 Å². The van der Waals surface area contributed by atoms with Gasteiger partial charge >= 0.3 is 0 Å². The molecule has 2 aromatic rings. The molecule has 0 saturated carbocycles. The van der Waals surface area contributed by atoms with Crippen molar-refractivity contribution in [1.29, 1.82) is 0 Å². The number of nitro groups is 1. The Morgan fingerprint density at radius 3 is 2.92 bits per heavy atom. The molecule has 0 atom stereocenters. The lowest BCUT2D eigenvalue weighted by atomic mass is 10.0. The van der Waals surface area contributed by atoms with E-state index in [9.17, 15) is 15.2 Å². The van der Waals surface area contributed by atoms with E-state index in [4.69, 9.17) is 0 Å². The maximum absolute atomic E-state index is 10.9. The molecule has 0 amide bonds. The third-order valence-corrected chi connectivity index (χ3v) is 4.22. The van der Waals surface area contributed by atoms with Crippen molar-refractivity contribution in [3.8, 4) is 5.75 Å².